The third kappa shape index (κ3) is 2.82. The van der Waals surface area contributed by atoms with Crippen LogP contribution in [0.1, 0.15) is 17.0 Å². The van der Waals surface area contributed by atoms with Crippen molar-refractivity contribution in [2.24, 2.45) is 0 Å². The molecule has 0 aromatic carbocycles. The van der Waals surface area contributed by atoms with E-state index in [9.17, 15) is 0 Å². The lowest BCUT2D eigenvalue weighted by atomic mass is 10.2. The lowest BCUT2D eigenvalue weighted by molar-refractivity contribution is -0.858. The first-order chi connectivity index (χ1) is 11.0. The Bertz CT molecular complexity index is 817. The first-order valence-electron chi connectivity index (χ1n) is 7.93. The molecule has 3 heterocycles. The lowest BCUT2D eigenvalue weighted by Crippen LogP contribution is -3.06. The maximum absolute atomic E-state index is 6.44. The fraction of sp³-hybridized carbons (Fsp3) is 0.412. The summed E-state index contributed by atoms with van der Waals surface area (Å²) in [6.45, 7) is 6.83. The molecule has 0 spiro atoms. The summed E-state index contributed by atoms with van der Waals surface area (Å²) in [5, 5.41) is 1.05. The highest BCUT2D eigenvalue weighted by molar-refractivity contribution is 5.89. The summed E-state index contributed by atoms with van der Waals surface area (Å²) in [6, 6.07) is 3.83. The molecule has 0 fully saturated rings. The molecule has 0 aliphatic heterocycles. The smallest absolute Gasteiger partial charge is 0.232 e. The topological polar surface area (TPSA) is 65.3 Å². The number of nitrogen functional groups attached to an aromatic ring is 1. The molecule has 0 aliphatic carbocycles. The summed E-state index contributed by atoms with van der Waals surface area (Å²) in [4.78, 5) is 6.09. The second-order valence-corrected chi connectivity index (χ2v) is 6.35. The van der Waals surface area contributed by atoms with Gasteiger partial charge in [-0.3, -0.25) is 0 Å². The van der Waals surface area contributed by atoms with Crippen molar-refractivity contribution in [2.45, 2.75) is 26.9 Å². The number of furan rings is 1. The van der Waals surface area contributed by atoms with E-state index in [-0.39, 0.29) is 0 Å². The zero-order valence-electron chi connectivity index (χ0n) is 14.3. The van der Waals surface area contributed by atoms with Crippen molar-refractivity contribution in [3.05, 3.63) is 41.7 Å². The molecule has 23 heavy (non-hydrogen) atoms. The minimum Gasteiger partial charge on any atom is -0.466 e. The van der Waals surface area contributed by atoms with Gasteiger partial charge in [0.05, 0.1) is 33.4 Å². The first kappa shape index (κ1) is 15.6. The van der Waals surface area contributed by atoms with Crippen LogP contribution < -0.4 is 15.2 Å². The molecule has 3 N–H and O–H groups in total. The van der Waals surface area contributed by atoms with Crippen LogP contribution in [0.3, 0.4) is 0 Å². The molecule has 3 aromatic rings. The van der Waals surface area contributed by atoms with Gasteiger partial charge in [-0.05, 0) is 31.5 Å². The number of nitrogens with zero attached hydrogens (tertiary/aromatic N) is 3. The lowest BCUT2D eigenvalue weighted by Gasteiger charge is -2.09. The molecular weight excluding hydrogens is 290 g/mol. The van der Waals surface area contributed by atoms with Crippen molar-refractivity contribution in [1.29, 1.82) is 0 Å². The summed E-state index contributed by atoms with van der Waals surface area (Å²) in [7, 11) is 4.32. The third-order valence-electron chi connectivity index (χ3n) is 4.43. The van der Waals surface area contributed by atoms with Crippen molar-refractivity contribution >= 4 is 16.9 Å². The van der Waals surface area contributed by atoms with Gasteiger partial charge in [0.25, 0.3) is 0 Å². The van der Waals surface area contributed by atoms with E-state index in [1.54, 1.807) is 12.6 Å². The zero-order chi connectivity index (χ0) is 16.6. The summed E-state index contributed by atoms with van der Waals surface area (Å²) in [6.07, 6.45) is 3.48. The van der Waals surface area contributed by atoms with Gasteiger partial charge in [-0.15, -0.1) is 0 Å². The quantitative estimate of drug-likeness (QED) is 0.666. The monoisotopic (exact) mass is 315 g/mol. The van der Waals surface area contributed by atoms with Crippen LogP contribution in [0.4, 0.5) is 5.82 Å². The van der Waals surface area contributed by atoms with E-state index in [1.165, 1.54) is 16.2 Å². The Kier molecular flexibility index (Phi) is 4.09. The standard InChI is InChI=1S/C17H23N5O/c1-12-13(2)22(8-7-20(3)4)17-15(12)16(18)21(11-19-17)10-14-6-5-9-23-14/h5-6,9,11,18H,7-8,10H2,1-4H3/p+2. The normalized spacial score (nSPS) is 11.7. The largest absolute Gasteiger partial charge is 0.466 e. The number of nitrogens with one attached hydrogen (secondary N) is 1. The molecule has 6 heteroatoms. The van der Waals surface area contributed by atoms with Gasteiger partial charge in [0.2, 0.25) is 17.8 Å². The number of likely N-dealkylation sites (N-methyl/N-ethyl adjacent to an activating group) is 1. The zero-order valence-corrected chi connectivity index (χ0v) is 14.3. The van der Waals surface area contributed by atoms with Crippen molar-refractivity contribution in [3.8, 4) is 0 Å². The molecule has 122 valence electrons. The molecule has 6 nitrogen and oxygen atoms in total. The molecule has 0 saturated carbocycles. The van der Waals surface area contributed by atoms with Gasteiger partial charge < -0.3 is 19.6 Å². The number of aromatic nitrogens is 3. The van der Waals surface area contributed by atoms with E-state index in [2.05, 4.69) is 37.5 Å². The number of fused-ring (bicyclic) bond motifs is 1. The summed E-state index contributed by atoms with van der Waals surface area (Å²) in [5.74, 6) is 1.61. The molecule has 0 amide bonds. The molecule has 3 aromatic heterocycles. The average molecular weight is 315 g/mol. The van der Waals surface area contributed by atoms with E-state index in [1.807, 2.05) is 16.7 Å². The Morgan fingerprint density at radius 3 is 2.78 bits per heavy atom. The van der Waals surface area contributed by atoms with E-state index in [4.69, 9.17) is 10.2 Å². The van der Waals surface area contributed by atoms with E-state index in [0.717, 1.165) is 35.7 Å². The molecule has 0 atom stereocenters. The number of hydrogen-bond donors (Lipinski definition) is 2. The molecule has 0 unspecified atom stereocenters. The number of hydrogen-bond acceptors (Lipinski definition) is 3. The minimum absolute atomic E-state index is 0.591. The van der Waals surface area contributed by atoms with Crippen LogP contribution in [0.25, 0.3) is 11.0 Å². The highest BCUT2D eigenvalue weighted by Crippen LogP contribution is 2.26. The molecule has 0 radical (unpaired) electrons. The maximum atomic E-state index is 6.44. The van der Waals surface area contributed by atoms with Crippen LogP contribution in [-0.4, -0.2) is 30.2 Å². The van der Waals surface area contributed by atoms with Crippen molar-refractivity contribution < 1.29 is 13.9 Å². The van der Waals surface area contributed by atoms with Crippen LogP contribution in [0.5, 0.6) is 0 Å². The Morgan fingerprint density at radius 2 is 2.13 bits per heavy atom. The van der Waals surface area contributed by atoms with Crippen molar-refractivity contribution in [2.75, 3.05) is 26.4 Å². The summed E-state index contributed by atoms with van der Waals surface area (Å²) >= 11 is 0. The summed E-state index contributed by atoms with van der Waals surface area (Å²) in [5.41, 5.74) is 9.84. The second-order valence-electron chi connectivity index (χ2n) is 6.35. The second kappa shape index (κ2) is 6.04. The number of anilines is 1. The van der Waals surface area contributed by atoms with Gasteiger partial charge in [0.15, 0.2) is 0 Å². The van der Waals surface area contributed by atoms with Crippen LogP contribution in [0.2, 0.25) is 0 Å². The SMILES string of the molecule is Cc1c(C)n(CC[NH+](C)C)c2nc[n+](Cc3ccco3)c(N)c12. The van der Waals surface area contributed by atoms with Crippen molar-refractivity contribution in [3.63, 3.8) is 0 Å². The van der Waals surface area contributed by atoms with E-state index in [0.29, 0.717) is 6.54 Å². The van der Waals surface area contributed by atoms with Gasteiger partial charge in [-0.25, -0.2) is 4.57 Å². The molecule has 0 aliphatic rings. The number of rotatable bonds is 5. The fourth-order valence-corrected chi connectivity index (χ4v) is 2.92. The average Bonchev–Trinajstić information content (AvgIpc) is 3.09. The molecule has 0 bridgehead atoms. The maximum Gasteiger partial charge on any atom is 0.232 e. The van der Waals surface area contributed by atoms with Gasteiger partial charge in [-0.2, -0.15) is 0 Å². The number of aryl methyl sites for hydroxylation is 1. The molecule has 3 rings (SSSR count). The van der Waals surface area contributed by atoms with Gasteiger partial charge in [0.1, 0.15) is 17.7 Å². The number of nitrogens with two attached hydrogens (primary N) is 1. The Labute approximate surface area is 136 Å². The minimum atomic E-state index is 0.591. The van der Waals surface area contributed by atoms with E-state index >= 15 is 0 Å². The predicted molar refractivity (Wildman–Crippen MR) is 89.3 cm³/mol. The van der Waals surface area contributed by atoms with Crippen LogP contribution in [0.15, 0.2) is 29.1 Å². The Morgan fingerprint density at radius 1 is 1.35 bits per heavy atom. The Hall–Kier alpha value is -2.34. The van der Waals surface area contributed by atoms with Gasteiger partial charge in [0, 0.05) is 5.69 Å². The number of quaternary nitrogens is 1. The van der Waals surface area contributed by atoms with Gasteiger partial charge >= 0.3 is 0 Å². The fourth-order valence-electron chi connectivity index (χ4n) is 2.92. The molecule has 0 saturated heterocycles. The van der Waals surface area contributed by atoms with E-state index < -0.39 is 0 Å². The highest BCUT2D eigenvalue weighted by Gasteiger charge is 2.22. The Balaban J connectivity index is 2.05. The predicted octanol–water partition coefficient (Wildman–Crippen LogP) is 0.309. The van der Waals surface area contributed by atoms with Gasteiger partial charge in [-0.1, -0.05) is 4.98 Å². The van der Waals surface area contributed by atoms with Crippen LogP contribution in [-0.2, 0) is 13.1 Å². The first-order valence-corrected chi connectivity index (χ1v) is 7.93. The van der Waals surface area contributed by atoms with Crippen LogP contribution in [0, 0.1) is 13.8 Å². The molecular formula is C17H25N5O+2. The van der Waals surface area contributed by atoms with Crippen molar-refractivity contribution in [1.82, 2.24) is 9.55 Å². The highest BCUT2D eigenvalue weighted by atomic mass is 16.3. The van der Waals surface area contributed by atoms with Crippen LogP contribution >= 0.6 is 0 Å². The third-order valence-corrected chi connectivity index (χ3v) is 4.43. The summed E-state index contributed by atoms with van der Waals surface area (Å²) < 4.78 is 9.63.